The van der Waals surface area contributed by atoms with Crippen LogP contribution in [-0.4, -0.2) is 24.3 Å². The second kappa shape index (κ2) is 5.99. The summed E-state index contributed by atoms with van der Waals surface area (Å²) in [5.41, 5.74) is 11.5. The number of benzene rings is 1. The predicted octanol–water partition coefficient (Wildman–Crippen LogP) is -0.417. The molecule has 0 bridgehead atoms. The second-order valence-corrected chi connectivity index (χ2v) is 3.33. The summed E-state index contributed by atoms with van der Waals surface area (Å²) in [7, 11) is 0. The number of ether oxygens (including phenoxy) is 1. The molecule has 5 heteroatoms. The Balaban J connectivity index is 2.44. The van der Waals surface area contributed by atoms with Crippen molar-refractivity contribution in [3.05, 3.63) is 35.9 Å². The van der Waals surface area contributed by atoms with E-state index in [9.17, 15) is 9.59 Å². The molecule has 0 aliphatic carbocycles. The monoisotopic (exact) mass is 222 g/mol. The molecule has 0 fully saturated rings. The largest absolute Gasteiger partial charge is 0.460 e. The Kier molecular flexibility index (Phi) is 4.63. The number of rotatable bonds is 5. The summed E-state index contributed by atoms with van der Waals surface area (Å²) in [4.78, 5) is 21.6. The van der Waals surface area contributed by atoms with E-state index in [0.717, 1.165) is 5.56 Å². The number of carbonyl (C=O) groups excluding carboxylic acids is 2. The number of esters is 1. The van der Waals surface area contributed by atoms with Gasteiger partial charge in [0.15, 0.2) is 0 Å². The summed E-state index contributed by atoms with van der Waals surface area (Å²) in [6.45, 7) is 0.124. The highest BCUT2D eigenvalue weighted by Crippen LogP contribution is 2.01. The van der Waals surface area contributed by atoms with Crippen molar-refractivity contribution in [2.45, 2.75) is 18.7 Å². The van der Waals surface area contributed by atoms with Crippen molar-refractivity contribution >= 4 is 12.3 Å². The molecule has 0 heterocycles. The van der Waals surface area contributed by atoms with Crippen LogP contribution in [0.5, 0.6) is 0 Å². The van der Waals surface area contributed by atoms with E-state index in [-0.39, 0.29) is 6.61 Å². The van der Waals surface area contributed by atoms with Crippen LogP contribution in [0.2, 0.25) is 0 Å². The molecule has 4 N–H and O–H groups in total. The van der Waals surface area contributed by atoms with Gasteiger partial charge in [0, 0.05) is 0 Å². The van der Waals surface area contributed by atoms with E-state index >= 15 is 0 Å². The molecule has 2 unspecified atom stereocenters. The van der Waals surface area contributed by atoms with E-state index in [2.05, 4.69) is 0 Å². The Morgan fingerprint density at radius 3 is 2.50 bits per heavy atom. The fraction of sp³-hybridized carbons (Fsp3) is 0.273. The average molecular weight is 222 g/mol. The predicted molar refractivity (Wildman–Crippen MR) is 58.3 cm³/mol. The molecule has 0 aromatic heterocycles. The number of aldehydes is 1. The van der Waals surface area contributed by atoms with Crippen LogP contribution < -0.4 is 11.5 Å². The van der Waals surface area contributed by atoms with Gasteiger partial charge in [-0.25, -0.2) is 0 Å². The lowest BCUT2D eigenvalue weighted by atomic mass is 10.1. The summed E-state index contributed by atoms with van der Waals surface area (Å²) in [5.74, 6) is -0.677. The van der Waals surface area contributed by atoms with Crippen molar-refractivity contribution in [3.8, 4) is 0 Å². The normalized spacial score (nSPS) is 13.9. The fourth-order valence-electron chi connectivity index (χ4n) is 1.07. The van der Waals surface area contributed by atoms with E-state index in [1.54, 1.807) is 0 Å². The Hall–Kier alpha value is -1.72. The Labute approximate surface area is 93.4 Å². The van der Waals surface area contributed by atoms with Crippen LogP contribution in [0.4, 0.5) is 0 Å². The van der Waals surface area contributed by atoms with Gasteiger partial charge in [-0.1, -0.05) is 30.3 Å². The smallest absolute Gasteiger partial charge is 0.325 e. The molecule has 0 saturated carbocycles. The van der Waals surface area contributed by atoms with E-state index < -0.39 is 18.1 Å². The van der Waals surface area contributed by atoms with Crippen molar-refractivity contribution in [1.82, 2.24) is 0 Å². The van der Waals surface area contributed by atoms with Gasteiger partial charge in [0.2, 0.25) is 0 Å². The molecule has 5 nitrogen and oxygen atoms in total. The molecule has 0 amide bonds. The van der Waals surface area contributed by atoms with E-state index in [1.807, 2.05) is 30.3 Å². The van der Waals surface area contributed by atoms with Gasteiger partial charge in [-0.2, -0.15) is 0 Å². The molecule has 0 aliphatic rings. The molecule has 1 rings (SSSR count). The van der Waals surface area contributed by atoms with Gasteiger partial charge < -0.3 is 21.0 Å². The Bertz CT molecular complexity index is 354. The lowest BCUT2D eigenvalue weighted by Gasteiger charge is -2.13. The maximum Gasteiger partial charge on any atom is 0.325 e. The zero-order chi connectivity index (χ0) is 12.0. The minimum absolute atomic E-state index is 0.124. The molecule has 0 radical (unpaired) electrons. The summed E-state index contributed by atoms with van der Waals surface area (Å²) in [5, 5.41) is 0. The van der Waals surface area contributed by atoms with Gasteiger partial charge in [0.05, 0.1) is 6.04 Å². The minimum Gasteiger partial charge on any atom is -0.460 e. The van der Waals surface area contributed by atoms with Crippen molar-refractivity contribution < 1.29 is 14.3 Å². The molecular weight excluding hydrogens is 208 g/mol. The standard InChI is InChI=1S/C11H14N2O3/c12-9(6-14)10(13)11(15)16-7-8-4-2-1-3-5-8/h1-6,9-10H,7,12-13H2. The zero-order valence-electron chi connectivity index (χ0n) is 8.71. The molecule has 0 saturated heterocycles. The summed E-state index contributed by atoms with van der Waals surface area (Å²) < 4.78 is 4.91. The highest BCUT2D eigenvalue weighted by molar-refractivity contribution is 5.81. The first-order chi connectivity index (χ1) is 7.65. The molecule has 1 aromatic carbocycles. The summed E-state index contributed by atoms with van der Waals surface area (Å²) in [6, 6.07) is 7.03. The highest BCUT2D eigenvalue weighted by atomic mass is 16.5. The minimum atomic E-state index is -1.11. The van der Waals surface area contributed by atoms with Crippen LogP contribution in [0.25, 0.3) is 0 Å². The van der Waals surface area contributed by atoms with Gasteiger partial charge in [0.1, 0.15) is 18.9 Å². The molecule has 2 atom stereocenters. The fourth-order valence-corrected chi connectivity index (χ4v) is 1.07. The third-order valence-electron chi connectivity index (χ3n) is 2.07. The Morgan fingerprint density at radius 1 is 1.31 bits per heavy atom. The van der Waals surface area contributed by atoms with E-state index in [0.29, 0.717) is 6.29 Å². The van der Waals surface area contributed by atoms with E-state index in [4.69, 9.17) is 16.2 Å². The molecule has 16 heavy (non-hydrogen) atoms. The third kappa shape index (κ3) is 3.45. The Morgan fingerprint density at radius 2 is 1.94 bits per heavy atom. The third-order valence-corrected chi connectivity index (χ3v) is 2.07. The van der Waals surface area contributed by atoms with Gasteiger partial charge in [-0.3, -0.25) is 4.79 Å². The van der Waals surface area contributed by atoms with E-state index in [1.165, 1.54) is 0 Å². The zero-order valence-corrected chi connectivity index (χ0v) is 8.71. The number of carbonyl (C=O) groups is 2. The van der Waals surface area contributed by atoms with Gasteiger partial charge >= 0.3 is 5.97 Å². The number of hydrogen-bond acceptors (Lipinski definition) is 5. The highest BCUT2D eigenvalue weighted by Gasteiger charge is 2.22. The van der Waals surface area contributed by atoms with Crippen molar-refractivity contribution in [2.75, 3.05) is 0 Å². The maximum absolute atomic E-state index is 11.3. The first-order valence-corrected chi connectivity index (χ1v) is 4.82. The van der Waals surface area contributed by atoms with Crippen LogP contribution in [0.3, 0.4) is 0 Å². The van der Waals surface area contributed by atoms with Crippen LogP contribution >= 0.6 is 0 Å². The topological polar surface area (TPSA) is 95.4 Å². The van der Waals surface area contributed by atoms with Gasteiger partial charge in [-0.05, 0) is 5.56 Å². The number of hydrogen-bond donors (Lipinski definition) is 2. The molecule has 1 aromatic rings. The molecular formula is C11H14N2O3. The van der Waals surface area contributed by atoms with Crippen molar-refractivity contribution in [2.24, 2.45) is 11.5 Å². The van der Waals surface area contributed by atoms with Crippen molar-refractivity contribution in [1.29, 1.82) is 0 Å². The van der Waals surface area contributed by atoms with Crippen molar-refractivity contribution in [3.63, 3.8) is 0 Å². The quantitative estimate of drug-likeness (QED) is 0.521. The SMILES string of the molecule is NC(C=O)C(N)C(=O)OCc1ccccc1. The average Bonchev–Trinajstić information content (AvgIpc) is 2.35. The second-order valence-electron chi connectivity index (χ2n) is 3.33. The van der Waals surface area contributed by atoms with Crippen LogP contribution in [0.1, 0.15) is 5.56 Å². The van der Waals surface area contributed by atoms with Gasteiger partial charge in [0.25, 0.3) is 0 Å². The van der Waals surface area contributed by atoms with Crippen LogP contribution in [-0.2, 0) is 20.9 Å². The molecule has 0 aliphatic heterocycles. The van der Waals surface area contributed by atoms with Gasteiger partial charge in [-0.15, -0.1) is 0 Å². The first kappa shape index (κ1) is 12.4. The first-order valence-electron chi connectivity index (χ1n) is 4.82. The maximum atomic E-state index is 11.3. The van der Waals surface area contributed by atoms with Crippen LogP contribution in [0.15, 0.2) is 30.3 Å². The van der Waals surface area contributed by atoms with Crippen LogP contribution in [0, 0.1) is 0 Å². The lowest BCUT2D eigenvalue weighted by molar-refractivity contribution is -0.147. The molecule has 0 spiro atoms. The summed E-state index contributed by atoms with van der Waals surface area (Å²) in [6.07, 6.45) is 0.425. The molecule has 86 valence electrons. The number of nitrogens with two attached hydrogens (primary N) is 2. The summed E-state index contributed by atoms with van der Waals surface area (Å²) >= 11 is 0. The lowest BCUT2D eigenvalue weighted by Crippen LogP contribution is -2.48.